The summed E-state index contributed by atoms with van der Waals surface area (Å²) in [7, 11) is 0. The zero-order chi connectivity index (χ0) is 32.3. The van der Waals surface area contributed by atoms with Gasteiger partial charge < -0.3 is 5.32 Å². The molecule has 1 spiro atoms. The molecule has 0 aliphatic heterocycles. The third-order valence-electron chi connectivity index (χ3n) is 10.6. The van der Waals surface area contributed by atoms with Crippen LogP contribution in [0.15, 0.2) is 121 Å². The maximum absolute atomic E-state index is 3.91. The van der Waals surface area contributed by atoms with Gasteiger partial charge >= 0.3 is 0 Å². The SMILES string of the molecule is CC(C)(C)c1ccc2c(c1)C1(c3cc(C(C)(C)C)ccc3-2)c2ccccc2-c2c(Nc3ccc4c(c3)sc3ccccc34)cccc21. The minimum absolute atomic E-state index is 0.0388. The lowest BCUT2D eigenvalue weighted by Crippen LogP contribution is -2.27. The summed E-state index contributed by atoms with van der Waals surface area (Å²) in [6.45, 7) is 14.0. The second kappa shape index (κ2) is 9.69. The van der Waals surface area contributed by atoms with E-state index in [1.54, 1.807) is 0 Å². The van der Waals surface area contributed by atoms with E-state index in [9.17, 15) is 0 Å². The van der Waals surface area contributed by atoms with Crippen molar-refractivity contribution in [3.05, 3.63) is 155 Å². The van der Waals surface area contributed by atoms with Crippen molar-refractivity contribution in [3.63, 3.8) is 0 Å². The summed E-state index contributed by atoms with van der Waals surface area (Å²) in [5.74, 6) is 0. The van der Waals surface area contributed by atoms with Crippen LogP contribution in [0.5, 0.6) is 0 Å². The van der Waals surface area contributed by atoms with Gasteiger partial charge in [0.1, 0.15) is 0 Å². The number of benzene rings is 6. The van der Waals surface area contributed by atoms with Crippen LogP contribution in [0.1, 0.15) is 74.9 Å². The van der Waals surface area contributed by atoms with Crippen LogP contribution in [-0.2, 0) is 16.2 Å². The highest BCUT2D eigenvalue weighted by molar-refractivity contribution is 7.25. The van der Waals surface area contributed by atoms with Crippen LogP contribution in [0.3, 0.4) is 0 Å². The zero-order valence-corrected chi connectivity index (χ0v) is 28.8. The minimum Gasteiger partial charge on any atom is -0.355 e. The van der Waals surface area contributed by atoms with Gasteiger partial charge in [0.2, 0.25) is 0 Å². The first-order valence-electron chi connectivity index (χ1n) is 16.8. The predicted molar refractivity (Wildman–Crippen MR) is 203 cm³/mol. The van der Waals surface area contributed by atoms with Gasteiger partial charge in [0.25, 0.3) is 0 Å². The molecule has 0 fully saturated rings. The summed E-state index contributed by atoms with van der Waals surface area (Å²) in [5.41, 5.74) is 15.6. The van der Waals surface area contributed by atoms with Crippen molar-refractivity contribution >= 4 is 42.9 Å². The zero-order valence-electron chi connectivity index (χ0n) is 28.0. The smallest absolute Gasteiger partial charge is 0.0726 e. The Hall–Kier alpha value is -4.66. The fourth-order valence-corrected chi connectivity index (χ4v) is 9.37. The van der Waals surface area contributed by atoms with Gasteiger partial charge in [0.15, 0.2) is 0 Å². The van der Waals surface area contributed by atoms with Gasteiger partial charge in [-0.2, -0.15) is 0 Å². The molecule has 2 aliphatic carbocycles. The van der Waals surface area contributed by atoms with E-state index in [1.165, 1.54) is 75.8 Å². The number of thiophene rings is 1. The molecule has 7 aromatic rings. The molecule has 2 aliphatic rings. The van der Waals surface area contributed by atoms with Gasteiger partial charge in [-0.3, -0.25) is 0 Å². The summed E-state index contributed by atoms with van der Waals surface area (Å²) >= 11 is 1.87. The number of fused-ring (bicyclic) bond motifs is 13. The molecule has 1 nitrogen and oxygen atoms in total. The fourth-order valence-electron chi connectivity index (χ4n) is 8.23. The van der Waals surface area contributed by atoms with Crippen LogP contribution in [0, 0.1) is 0 Å². The third-order valence-corrected chi connectivity index (χ3v) is 11.7. The number of hydrogen-bond acceptors (Lipinski definition) is 2. The van der Waals surface area contributed by atoms with E-state index in [1.807, 2.05) is 11.3 Å². The Bertz CT molecular complexity index is 2350. The number of rotatable bonds is 2. The lowest BCUT2D eigenvalue weighted by molar-refractivity contribution is 0.586. The Morgan fingerprint density at radius 3 is 1.81 bits per heavy atom. The molecule has 1 heterocycles. The second-order valence-electron chi connectivity index (χ2n) is 15.5. The van der Waals surface area contributed by atoms with Crippen molar-refractivity contribution in [2.75, 3.05) is 5.32 Å². The summed E-state index contributed by atoms with van der Waals surface area (Å²) in [4.78, 5) is 0. The average molecular weight is 626 g/mol. The molecular formula is C45H39NS. The van der Waals surface area contributed by atoms with Gasteiger partial charge in [0, 0.05) is 37.1 Å². The van der Waals surface area contributed by atoms with Crippen molar-refractivity contribution < 1.29 is 0 Å². The first-order chi connectivity index (χ1) is 22.5. The highest BCUT2D eigenvalue weighted by atomic mass is 32.1. The molecule has 9 rings (SSSR count). The first-order valence-corrected chi connectivity index (χ1v) is 17.6. The Labute approximate surface area is 281 Å². The van der Waals surface area contributed by atoms with E-state index in [0.717, 1.165) is 11.4 Å². The summed E-state index contributed by atoms with van der Waals surface area (Å²) < 4.78 is 2.64. The van der Waals surface area contributed by atoms with Gasteiger partial charge in [-0.25, -0.2) is 0 Å². The number of hydrogen-bond donors (Lipinski definition) is 1. The van der Waals surface area contributed by atoms with E-state index >= 15 is 0 Å². The van der Waals surface area contributed by atoms with E-state index in [4.69, 9.17) is 0 Å². The average Bonchev–Trinajstić information content (AvgIpc) is 3.67. The lowest BCUT2D eigenvalue weighted by Gasteiger charge is -2.33. The van der Waals surface area contributed by atoms with Gasteiger partial charge in [0.05, 0.1) is 5.41 Å². The van der Waals surface area contributed by atoms with Crippen LogP contribution in [0.2, 0.25) is 0 Å². The monoisotopic (exact) mass is 625 g/mol. The predicted octanol–water partition coefficient (Wildman–Crippen LogP) is 12.7. The molecule has 0 atom stereocenters. The Kier molecular flexibility index (Phi) is 5.88. The van der Waals surface area contributed by atoms with E-state index in [2.05, 4.69) is 168 Å². The second-order valence-corrected chi connectivity index (χ2v) is 16.6. The van der Waals surface area contributed by atoms with E-state index in [-0.39, 0.29) is 10.8 Å². The van der Waals surface area contributed by atoms with Crippen molar-refractivity contribution in [2.24, 2.45) is 0 Å². The normalized spacial score (nSPS) is 14.3. The highest BCUT2D eigenvalue weighted by Crippen LogP contribution is 2.64. The van der Waals surface area contributed by atoms with Crippen LogP contribution in [0.4, 0.5) is 11.4 Å². The standard InChI is InChI=1S/C45H39NS/c1-43(2,3)27-18-21-30-31-22-19-28(44(4,5)6)25-38(31)45(37(30)24-27)35-14-9-7-13-34(35)42-36(45)15-11-16-39(42)46-29-20-23-33-32-12-8-10-17-40(32)47-41(33)26-29/h7-26,46H,1-6H3. The van der Waals surface area contributed by atoms with E-state index in [0.29, 0.717) is 0 Å². The first kappa shape index (κ1) is 28.6. The number of nitrogens with one attached hydrogen (secondary N) is 1. The van der Waals surface area contributed by atoms with Crippen molar-refractivity contribution in [2.45, 2.75) is 57.8 Å². The van der Waals surface area contributed by atoms with E-state index < -0.39 is 5.41 Å². The molecule has 0 saturated carbocycles. The van der Waals surface area contributed by atoms with Crippen LogP contribution in [-0.4, -0.2) is 0 Å². The molecule has 230 valence electrons. The summed E-state index contributed by atoms with van der Waals surface area (Å²) in [6, 6.07) is 46.1. The molecule has 0 amide bonds. The molecule has 0 radical (unpaired) electrons. The van der Waals surface area contributed by atoms with Crippen molar-refractivity contribution in [1.29, 1.82) is 0 Å². The van der Waals surface area contributed by atoms with Gasteiger partial charge in [-0.15, -0.1) is 11.3 Å². The number of anilines is 2. The lowest BCUT2D eigenvalue weighted by atomic mass is 9.69. The molecule has 0 bridgehead atoms. The highest BCUT2D eigenvalue weighted by Gasteiger charge is 2.52. The van der Waals surface area contributed by atoms with Gasteiger partial charge in [-0.1, -0.05) is 139 Å². The summed E-state index contributed by atoms with van der Waals surface area (Å²) in [6.07, 6.45) is 0. The third kappa shape index (κ3) is 4.01. The van der Waals surface area contributed by atoms with Gasteiger partial charge in [-0.05, 0) is 85.2 Å². The molecule has 1 aromatic heterocycles. The van der Waals surface area contributed by atoms with Crippen LogP contribution in [0.25, 0.3) is 42.4 Å². The summed E-state index contributed by atoms with van der Waals surface area (Å²) in [5, 5.41) is 6.57. The topological polar surface area (TPSA) is 12.0 Å². The molecule has 6 aromatic carbocycles. The quantitative estimate of drug-likeness (QED) is 0.201. The Morgan fingerprint density at radius 1 is 0.489 bits per heavy atom. The Morgan fingerprint density at radius 2 is 1.11 bits per heavy atom. The molecule has 2 heteroatoms. The maximum Gasteiger partial charge on any atom is 0.0726 e. The maximum atomic E-state index is 3.91. The Balaban J connectivity index is 1.31. The molecular weight excluding hydrogens is 587 g/mol. The largest absolute Gasteiger partial charge is 0.355 e. The van der Waals surface area contributed by atoms with Crippen molar-refractivity contribution in [1.82, 2.24) is 0 Å². The van der Waals surface area contributed by atoms with Crippen LogP contribution >= 0.6 is 11.3 Å². The molecule has 0 unspecified atom stereocenters. The molecule has 47 heavy (non-hydrogen) atoms. The minimum atomic E-state index is -0.397. The fraction of sp³-hybridized carbons (Fsp3) is 0.200. The van der Waals surface area contributed by atoms with Crippen molar-refractivity contribution in [3.8, 4) is 22.3 Å². The molecule has 0 saturated heterocycles. The van der Waals surface area contributed by atoms with Crippen LogP contribution < -0.4 is 5.32 Å². The molecule has 1 N–H and O–H groups in total.